The van der Waals surface area contributed by atoms with Gasteiger partial charge in [-0.05, 0) is 86.5 Å². The van der Waals surface area contributed by atoms with Crippen molar-refractivity contribution in [3.05, 3.63) is 84.2 Å². The van der Waals surface area contributed by atoms with E-state index in [0.717, 1.165) is 16.4 Å². The van der Waals surface area contributed by atoms with Gasteiger partial charge in [-0.3, -0.25) is 13.9 Å². The summed E-state index contributed by atoms with van der Waals surface area (Å²) in [6, 6.07) is 16.5. The maximum absolute atomic E-state index is 13.9. The summed E-state index contributed by atoms with van der Waals surface area (Å²) in [6.07, 6.45) is 0.695. The lowest BCUT2D eigenvalue weighted by atomic mass is 10.1. The third kappa shape index (κ3) is 7.97. The van der Waals surface area contributed by atoms with Crippen LogP contribution in [0.15, 0.2) is 77.7 Å². The van der Waals surface area contributed by atoms with Crippen molar-refractivity contribution in [2.45, 2.75) is 50.7 Å². The van der Waals surface area contributed by atoms with Crippen molar-refractivity contribution in [1.82, 2.24) is 10.2 Å². The van der Waals surface area contributed by atoms with Gasteiger partial charge in [-0.2, -0.15) is 0 Å². The van der Waals surface area contributed by atoms with Gasteiger partial charge >= 0.3 is 0 Å². The molecule has 0 heterocycles. The quantitative estimate of drug-likeness (QED) is 0.320. The molecule has 3 aromatic rings. The number of benzene rings is 3. The lowest BCUT2D eigenvalue weighted by Crippen LogP contribution is -2.52. The Kier molecular flexibility index (Phi) is 10.7. The van der Waals surface area contributed by atoms with E-state index in [4.69, 9.17) is 9.47 Å². The van der Waals surface area contributed by atoms with E-state index >= 15 is 0 Å². The fourth-order valence-corrected chi connectivity index (χ4v) is 5.44. The smallest absolute Gasteiger partial charge is 0.264 e. The molecule has 2 atom stereocenters. The van der Waals surface area contributed by atoms with Gasteiger partial charge in [0.15, 0.2) is 0 Å². The number of methoxy groups -OCH3 is 2. The number of carbonyl (C=O) groups excluding carboxylic acids is 2. The zero-order chi connectivity index (χ0) is 30.2. The number of hydrogen-bond acceptors (Lipinski definition) is 6. The van der Waals surface area contributed by atoms with E-state index in [2.05, 4.69) is 5.32 Å². The number of sulfonamides is 1. The number of amides is 2. The maximum Gasteiger partial charge on any atom is 0.264 e. The van der Waals surface area contributed by atoms with Crippen LogP contribution in [0.4, 0.5) is 10.1 Å². The van der Waals surface area contributed by atoms with Crippen LogP contribution in [0, 0.1) is 5.82 Å². The summed E-state index contributed by atoms with van der Waals surface area (Å²) in [5, 5.41) is 2.89. The highest BCUT2D eigenvalue weighted by molar-refractivity contribution is 7.92. The molecule has 1 N–H and O–H groups in total. The van der Waals surface area contributed by atoms with Crippen molar-refractivity contribution in [1.29, 1.82) is 0 Å². The Labute approximate surface area is 240 Å². The van der Waals surface area contributed by atoms with E-state index in [-0.39, 0.29) is 29.1 Å². The van der Waals surface area contributed by atoms with Gasteiger partial charge in [-0.1, -0.05) is 19.1 Å². The first-order valence-electron chi connectivity index (χ1n) is 13.1. The van der Waals surface area contributed by atoms with Crippen molar-refractivity contribution in [3.63, 3.8) is 0 Å². The van der Waals surface area contributed by atoms with E-state index in [0.29, 0.717) is 23.5 Å². The fraction of sp³-hybridized carbons (Fsp3) is 0.333. The Hall–Kier alpha value is -4.12. The normalized spacial score (nSPS) is 12.6. The molecule has 0 saturated carbocycles. The van der Waals surface area contributed by atoms with Crippen molar-refractivity contribution in [2.75, 3.05) is 25.1 Å². The Morgan fingerprint density at radius 3 is 2.15 bits per heavy atom. The average Bonchev–Trinajstić information content (AvgIpc) is 2.98. The summed E-state index contributed by atoms with van der Waals surface area (Å²) in [5.41, 5.74) is 0.779. The highest BCUT2D eigenvalue weighted by Crippen LogP contribution is 2.26. The second-order valence-corrected chi connectivity index (χ2v) is 11.4. The van der Waals surface area contributed by atoms with Crippen LogP contribution in [-0.4, -0.2) is 58.0 Å². The molecule has 11 heteroatoms. The third-order valence-electron chi connectivity index (χ3n) is 6.70. The zero-order valence-electron chi connectivity index (χ0n) is 23.8. The molecule has 0 aliphatic rings. The van der Waals surface area contributed by atoms with Gasteiger partial charge in [0.25, 0.3) is 10.0 Å². The molecule has 0 unspecified atom stereocenters. The summed E-state index contributed by atoms with van der Waals surface area (Å²) in [4.78, 5) is 28.3. The van der Waals surface area contributed by atoms with Crippen LogP contribution in [0.1, 0.15) is 32.8 Å². The van der Waals surface area contributed by atoms with Crippen LogP contribution in [0.5, 0.6) is 11.5 Å². The van der Waals surface area contributed by atoms with Gasteiger partial charge in [0.2, 0.25) is 11.8 Å². The number of ether oxygens (including phenoxy) is 2. The summed E-state index contributed by atoms with van der Waals surface area (Å²) in [6.45, 7) is 4.77. The number of hydrogen-bond donors (Lipinski definition) is 1. The Morgan fingerprint density at radius 1 is 0.927 bits per heavy atom. The van der Waals surface area contributed by atoms with Crippen LogP contribution in [0.3, 0.4) is 0 Å². The van der Waals surface area contributed by atoms with Crippen LogP contribution >= 0.6 is 0 Å². The van der Waals surface area contributed by atoms with E-state index in [9.17, 15) is 22.4 Å². The molecule has 0 bridgehead atoms. The Bertz CT molecular complexity index is 1430. The predicted molar refractivity (Wildman–Crippen MR) is 155 cm³/mol. The number of nitrogens with one attached hydrogen (secondary N) is 1. The lowest BCUT2D eigenvalue weighted by molar-refractivity contribution is -0.139. The molecule has 0 fully saturated rings. The molecule has 9 nitrogen and oxygen atoms in total. The molecule has 3 aromatic carbocycles. The largest absolute Gasteiger partial charge is 0.497 e. The molecule has 0 aliphatic heterocycles. The topological polar surface area (TPSA) is 105 Å². The maximum atomic E-state index is 13.9. The van der Waals surface area contributed by atoms with E-state index < -0.39 is 34.3 Å². The first-order chi connectivity index (χ1) is 19.5. The second-order valence-electron chi connectivity index (χ2n) is 9.53. The molecule has 220 valence electrons. The van der Waals surface area contributed by atoms with Crippen LogP contribution in [0.25, 0.3) is 0 Å². The minimum atomic E-state index is -4.29. The molecule has 41 heavy (non-hydrogen) atoms. The summed E-state index contributed by atoms with van der Waals surface area (Å²) in [5.74, 6) is -0.527. The average molecular weight is 586 g/mol. The molecule has 2 amide bonds. The van der Waals surface area contributed by atoms with Crippen molar-refractivity contribution >= 4 is 27.5 Å². The van der Waals surface area contributed by atoms with Gasteiger partial charge in [0, 0.05) is 12.6 Å². The Balaban J connectivity index is 2.03. The van der Waals surface area contributed by atoms with Gasteiger partial charge in [0.1, 0.15) is 29.9 Å². The first-order valence-corrected chi connectivity index (χ1v) is 14.6. The van der Waals surface area contributed by atoms with Crippen molar-refractivity contribution in [2.24, 2.45) is 0 Å². The van der Waals surface area contributed by atoms with Gasteiger partial charge in [-0.15, -0.1) is 0 Å². The number of nitrogens with zero attached hydrogens (tertiary/aromatic N) is 2. The fourth-order valence-electron chi connectivity index (χ4n) is 4.03. The monoisotopic (exact) mass is 585 g/mol. The van der Waals surface area contributed by atoms with Crippen LogP contribution < -0.4 is 19.1 Å². The lowest BCUT2D eigenvalue weighted by Gasteiger charge is -2.32. The Morgan fingerprint density at radius 2 is 1.56 bits per heavy atom. The van der Waals surface area contributed by atoms with Crippen LogP contribution in [-0.2, 0) is 26.2 Å². The summed E-state index contributed by atoms with van der Waals surface area (Å²) < 4.78 is 52.8. The van der Waals surface area contributed by atoms with Gasteiger partial charge < -0.3 is 19.7 Å². The minimum Gasteiger partial charge on any atom is -0.497 e. The van der Waals surface area contributed by atoms with E-state index in [1.165, 1.54) is 55.5 Å². The highest BCUT2D eigenvalue weighted by atomic mass is 32.2. The highest BCUT2D eigenvalue weighted by Gasteiger charge is 2.33. The van der Waals surface area contributed by atoms with Gasteiger partial charge in [0.05, 0.1) is 24.8 Å². The number of anilines is 1. The minimum absolute atomic E-state index is 0.0188. The third-order valence-corrected chi connectivity index (χ3v) is 8.48. The molecule has 0 aromatic heterocycles. The predicted octanol–water partition coefficient (Wildman–Crippen LogP) is 4.37. The molecule has 0 spiro atoms. The number of halogens is 1. The summed E-state index contributed by atoms with van der Waals surface area (Å²) in [7, 11) is -1.30. The molecule has 0 saturated heterocycles. The zero-order valence-corrected chi connectivity index (χ0v) is 24.7. The molecule has 0 radical (unpaired) electrons. The van der Waals surface area contributed by atoms with E-state index in [1.807, 2.05) is 13.8 Å². The molecular weight excluding hydrogens is 549 g/mol. The molecule has 3 rings (SSSR count). The number of carbonyl (C=O) groups is 2. The summed E-state index contributed by atoms with van der Waals surface area (Å²) >= 11 is 0. The number of rotatable bonds is 13. The van der Waals surface area contributed by atoms with Crippen molar-refractivity contribution < 1.29 is 31.9 Å². The molecule has 0 aliphatic carbocycles. The standard InChI is InChI=1S/C30H36FN3O6S/c1-6-21(2)32-30(36)22(3)33(19-23-8-7-9-27(18-23)40-5)29(35)20-34(25-12-10-24(31)11-13-25)41(37,38)28-16-14-26(39-4)15-17-28/h7-18,21-22H,6,19-20H2,1-5H3,(H,32,36)/t21-,22-/m1/s1. The van der Waals surface area contributed by atoms with E-state index in [1.54, 1.807) is 31.2 Å². The van der Waals surface area contributed by atoms with Crippen LogP contribution in [0.2, 0.25) is 0 Å². The SMILES string of the molecule is CC[C@@H](C)NC(=O)[C@@H](C)N(Cc1cccc(OC)c1)C(=O)CN(c1ccc(F)cc1)S(=O)(=O)c1ccc(OC)cc1. The van der Waals surface area contributed by atoms with Crippen molar-refractivity contribution in [3.8, 4) is 11.5 Å². The van der Waals surface area contributed by atoms with Gasteiger partial charge in [-0.25, -0.2) is 12.8 Å². The first kappa shape index (κ1) is 31.4. The molecular formula is C30H36FN3O6S. The second kappa shape index (κ2) is 14.0.